The van der Waals surface area contributed by atoms with Crippen molar-refractivity contribution >= 4 is 11.6 Å². The molecule has 0 spiro atoms. The number of rotatable bonds is 7. The first-order valence-corrected chi connectivity index (χ1v) is 5.97. The van der Waals surface area contributed by atoms with Crippen LogP contribution in [0.15, 0.2) is 18.2 Å². The van der Waals surface area contributed by atoms with Gasteiger partial charge in [-0.2, -0.15) is 8.78 Å². The van der Waals surface area contributed by atoms with E-state index < -0.39 is 6.61 Å². The van der Waals surface area contributed by atoms with Crippen molar-refractivity contribution in [3.05, 3.63) is 23.8 Å². The number of halogens is 3. The van der Waals surface area contributed by atoms with Crippen LogP contribution in [-0.4, -0.2) is 19.1 Å². The number of aryl methyl sites for hydroxylation is 1. The lowest BCUT2D eigenvalue weighted by atomic mass is 10.1. The molecule has 0 unspecified atom stereocenters. The molecule has 1 aromatic rings. The third-order valence-corrected chi connectivity index (χ3v) is 2.41. The van der Waals surface area contributed by atoms with Gasteiger partial charge in [-0.05, 0) is 31.4 Å². The van der Waals surface area contributed by atoms with Crippen molar-refractivity contribution in [2.24, 2.45) is 0 Å². The van der Waals surface area contributed by atoms with Crippen LogP contribution in [0.25, 0.3) is 0 Å². The average Bonchev–Trinajstić information content (AvgIpc) is 2.28. The Balaban J connectivity index is 2.86. The van der Waals surface area contributed by atoms with E-state index in [9.17, 15) is 8.78 Å². The van der Waals surface area contributed by atoms with Gasteiger partial charge in [0.05, 0.1) is 6.61 Å². The first-order valence-electron chi connectivity index (χ1n) is 5.44. The topological polar surface area (TPSA) is 18.5 Å². The van der Waals surface area contributed by atoms with E-state index in [4.69, 9.17) is 16.3 Å². The summed E-state index contributed by atoms with van der Waals surface area (Å²) in [5.41, 5.74) is 0.717. The summed E-state index contributed by atoms with van der Waals surface area (Å²) >= 11 is 5.58. The van der Waals surface area contributed by atoms with Gasteiger partial charge in [-0.1, -0.05) is 6.07 Å². The van der Waals surface area contributed by atoms with Crippen LogP contribution in [0.3, 0.4) is 0 Å². The summed E-state index contributed by atoms with van der Waals surface area (Å²) < 4.78 is 34.2. The lowest BCUT2D eigenvalue weighted by molar-refractivity contribution is -0.0505. The summed E-state index contributed by atoms with van der Waals surface area (Å²) in [6.45, 7) is -0.522. The average molecular weight is 265 g/mol. The number of alkyl halides is 3. The maximum absolute atomic E-state index is 12.3. The van der Waals surface area contributed by atoms with Crippen LogP contribution < -0.4 is 9.47 Å². The van der Waals surface area contributed by atoms with Crippen molar-refractivity contribution in [2.45, 2.75) is 26.4 Å². The van der Waals surface area contributed by atoms with Crippen LogP contribution in [0.5, 0.6) is 11.5 Å². The third-order valence-electron chi connectivity index (χ3n) is 2.15. The lowest BCUT2D eigenvalue weighted by Gasteiger charge is -2.12. The first-order chi connectivity index (χ1) is 8.17. The third kappa shape index (κ3) is 4.77. The second-order valence-corrected chi connectivity index (χ2v) is 3.75. The van der Waals surface area contributed by atoms with Crippen molar-refractivity contribution in [1.82, 2.24) is 0 Å². The molecule has 0 saturated heterocycles. The molecule has 96 valence electrons. The SMILES string of the molecule is CCOc1ccc(CCCCl)c(OC(F)F)c1. The number of hydrogen-bond donors (Lipinski definition) is 0. The van der Waals surface area contributed by atoms with E-state index in [2.05, 4.69) is 4.74 Å². The zero-order chi connectivity index (χ0) is 12.7. The molecule has 2 nitrogen and oxygen atoms in total. The van der Waals surface area contributed by atoms with E-state index in [1.165, 1.54) is 6.07 Å². The quantitative estimate of drug-likeness (QED) is 0.696. The predicted octanol–water partition coefficient (Wildman–Crippen LogP) is 3.86. The predicted molar refractivity (Wildman–Crippen MR) is 63.3 cm³/mol. The van der Waals surface area contributed by atoms with Gasteiger partial charge in [0.25, 0.3) is 0 Å². The fourth-order valence-electron chi connectivity index (χ4n) is 1.46. The van der Waals surface area contributed by atoms with Crippen molar-refractivity contribution < 1.29 is 18.3 Å². The molecule has 0 heterocycles. The molecular weight excluding hydrogens is 250 g/mol. The summed E-state index contributed by atoms with van der Waals surface area (Å²) in [4.78, 5) is 0. The minimum Gasteiger partial charge on any atom is -0.494 e. The Morgan fingerprint density at radius 2 is 2.12 bits per heavy atom. The van der Waals surface area contributed by atoms with E-state index in [-0.39, 0.29) is 5.75 Å². The number of hydrogen-bond acceptors (Lipinski definition) is 2. The summed E-state index contributed by atoms with van der Waals surface area (Å²) in [5.74, 6) is 1.18. The fraction of sp³-hybridized carbons (Fsp3) is 0.500. The highest BCUT2D eigenvalue weighted by Crippen LogP contribution is 2.27. The molecule has 0 N–H and O–H groups in total. The Morgan fingerprint density at radius 1 is 1.35 bits per heavy atom. The Morgan fingerprint density at radius 3 is 2.71 bits per heavy atom. The van der Waals surface area contributed by atoms with Crippen molar-refractivity contribution in [3.8, 4) is 11.5 Å². The highest BCUT2D eigenvalue weighted by atomic mass is 35.5. The Hall–Kier alpha value is -1.03. The zero-order valence-electron chi connectivity index (χ0n) is 9.59. The maximum atomic E-state index is 12.3. The van der Waals surface area contributed by atoms with Gasteiger partial charge in [0.1, 0.15) is 11.5 Å². The van der Waals surface area contributed by atoms with E-state index >= 15 is 0 Å². The molecule has 0 saturated carbocycles. The molecule has 0 aliphatic rings. The van der Waals surface area contributed by atoms with Crippen molar-refractivity contribution in [2.75, 3.05) is 12.5 Å². The van der Waals surface area contributed by atoms with Crippen LogP contribution in [0.2, 0.25) is 0 Å². The van der Waals surface area contributed by atoms with E-state index in [0.717, 1.165) is 12.0 Å². The Bertz CT molecular complexity index is 345. The number of benzene rings is 1. The normalized spacial score (nSPS) is 10.6. The maximum Gasteiger partial charge on any atom is 0.387 e. The molecule has 1 rings (SSSR count). The lowest BCUT2D eigenvalue weighted by Crippen LogP contribution is -2.05. The molecule has 0 bridgehead atoms. The summed E-state index contributed by atoms with van der Waals surface area (Å²) in [7, 11) is 0. The van der Waals surface area contributed by atoms with Gasteiger partial charge >= 0.3 is 6.61 Å². The van der Waals surface area contributed by atoms with Gasteiger partial charge in [0.2, 0.25) is 0 Å². The fourth-order valence-corrected chi connectivity index (χ4v) is 1.59. The highest BCUT2D eigenvalue weighted by Gasteiger charge is 2.11. The molecule has 17 heavy (non-hydrogen) atoms. The molecule has 0 aliphatic heterocycles. The van der Waals surface area contributed by atoms with Gasteiger partial charge in [-0.25, -0.2) is 0 Å². The largest absolute Gasteiger partial charge is 0.494 e. The Kier molecular flexibility index (Phi) is 6.05. The summed E-state index contributed by atoms with van der Waals surface area (Å²) in [5, 5.41) is 0. The molecule has 0 radical (unpaired) electrons. The van der Waals surface area contributed by atoms with Gasteiger partial charge in [-0.15, -0.1) is 11.6 Å². The molecular formula is C12H15ClF2O2. The van der Waals surface area contributed by atoms with Crippen LogP contribution in [0, 0.1) is 0 Å². The van der Waals surface area contributed by atoms with Crippen LogP contribution in [0.1, 0.15) is 18.9 Å². The Labute approximate surface area is 104 Å². The molecule has 0 atom stereocenters. The monoisotopic (exact) mass is 264 g/mol. The van der Waals surface area contributed by atoms with Gasteiger partial charge in [0, 0.05) is 11.9 Å². The summed E-state index contributed by atoms with van der Waals surface area (Å²) in [6, 6.07) is 4.96. The van der Waals surface area contributed by atoms with Crippen LogP contribution >= 0.6 is 11.6 Å². The smallest absolute Gasteiger partial charge is 0.387 e. The second kappa shape index (κ2) is 7.33. The number of ether oxygens (including phenoxy) is 2. The summed E-state index contributed by atoms with van der Waals surface area (Å²) in [6.07, 6.45) is 1.33. The highest BCUT2D eigenvalue weighted by molar-refractivity contribution is 6.17. The van der Waals surface area contributed by atoms with Gasteiger partial charge in [-0.3, -0.25) is 0 Å². The zero-order valence-corrected chi connectivity index (χ0v) is 10.3. The van der Waals surface area contributed by atoms with Gasteiger partial charge in [0.15, 0.2) is 0 Å². The molecule has 0 aromatic heterocycles. The van der Waals surface area contributed by atoms with Crippen molar-refractivity contribution in [3.63, 3.8) is 0 Å². The molecule has 0 amide bonds. The molecule has 0 aliphatic carbocycles. The van der Waals surface area contributed by atoms with Crippen molar-refractivity contribution in [1.29, 1.82) is 0 Å². The minimum atomic E-state index is -2.83. The molecule has 1 aromatic carbocycles. The minimum absolute atomic E-state index is 0.163. The molecule has 5 heteroatoms. The van der Waals surface area contributed by atoms with Gasteiger partial charge < -0.3 is 9.47 Å². The van der Waals surface area contributed by atoms with Crippen LogP contribution in [-0.2, 0) is 6.42 Å². The first kappa shape index (κ1) is 14.0. The molecule has 0 fully saturated rings. The second-order valence-electron chi connectivity index (χ2n) is 3.37. The van der Waals surface area contributed by atoms with E-state index in [1.807, 2.05) is 6.92 Å². The van der Waals surface area contributed by atoms with E-state index in [1.54, 1.807) is 12.1 Å². The standard InChI is InChI=1S/C12H15ClF2O2/c1-2-16-10-6-5-9(4-3-7-13)11(8-10)17-12(14)15/h5-6,8,12H,2-4,7H2,1H3. The van der Waals surface area contributed by atoms with E-state index in [0.29, 0.717) is 24.7 Å². The van der Waals surface area contributed by atoms with Crippen LogP contribution in [0.4, 0.5) is 8.78 Å².